The predicted molar refractivity (Wildman–Crippen MR) is 2.06 cm³/mol. The van der Waals surface area contributed by atoms with Crippen molar-refractivity contribution < 1.29 is 42.3 Å². The van der Waals surface area contributed by atoms with Crippen molar-refractivity contribution in [2.75, 3.05) is 0 Å². The third kappa shape index (κ3) is 137. The summed E-state index contributed by atoms with van der Waals surface area (Å²) in [6, 6.07) is 0. The van der Waals surface area contributed by atoms with Gasteiger partial charge in [0.2, 0.25) is 0 Å². The Morgan fingerprint density at radius 1 is 1.20 bits per heavy atom. The van der Waals surface area contributed by atoms with Crippen molar-refractivity contribution in [2.24, 2.45) is 0 Å². The Morgan fingerprint density at radius 3 is 1.20 bits per heavy atom. The Kier molecular flexibility index (Phi) is 46.0. The minimum absolute atomic E-state index is 1.44. The van der Waals surface area contributed by atoms with Gasteiger partial charge in [-0.25, -0.2) is 0 Å². The van der Waals surface area contributed by atoms with Crippen molar-refractivity contribution in [1.82, 2.24) is 0 Å². The molecule has 0 unspecified atom stereocenters. The van der Waals surface area contributed by atoms with Gasteiger partial charge in [0.05, 0.1) is 0 Å². The van der Waals surface area contributed by atoms with E-state index in [0.717, 1.165) is 0 Å². The third-order valence-electron chi connectivity index (χ3n) is 0. The molecule has 5 heavy (non-hydrogen) atoms. The van der Waals surface area contributed by atoms with E-state index in [9.17, 15) is 0 Å². The molecule has 0 aromatic rings. The molecule has 0 spiro atoms. The first-order valence-corrected chi connectivity index (χ1v) is 1.87. The van der Waals surface area contributed by atoms with Crippen LogP contribution in [0.5, 0.6) is 0 Å². The molecular weight excluding hydrogens is 159 g/mol. The van der Waals surface area contributed by atoms with Crippen molar-refractivity contribution in [3.63, 3.8) is 0 Å². The van der Waals surface area contributed by atoms with Crippen LogP contribution in [0.15, 0.2) is 0 Å². The van der Waals surface area contributed by atoms with Crippen molar-refractivity contribution in [2.45, 2.75) is 0 Å². The van der Waals surface area contributed by atoms with Gasteiger partial charge in [0.15, 0.2) is 0 Å². The maximum atomic E-state index is 8.41. The maximum absolute atomic E-state index is 8.41. The van der Waals surface area contributed by atoms with E-state index < -0.39 is 14.8 Å². The molecule has 0 aromatic heterocycles. The molecule has 0 aliphatic carbocycles. The Labute approximate surface area is 42.7 Å². The fourth-order valence-electron chi connectivity index (χ4n) is 0. The first kappa shape index (κ1) is 9.06. The SMILES string of the molecule is [O]=[Fe].[O]=[Mn]=[O]. The van der Waals surface area contributed by atoms with Crippen molar-refractivity contribution >= 4 is 0 Å². The summed E-state index contributed by atoms with van der Waals surface area (Å²) < 4.78 is 24.8. The molecule has 0 aliphatic rings. The van der Waals surface area contributed by atoms with E-state index in [0.29, 0.717) is 0 Å². The van der Waals surface area contributed by atoms with Crippen LogP contribution < -0.4 is 0 Å². The van der Waals surface area contributed by atoms with Crippen LogP contribution in [0, 0.1) is 0 Å². The summed E-state index contributed by atoms with van der Waals surface area (Å²) >= 11 is 0.562. The Hall–Kier alpha value is 0.439. The van der Waals surface area contributed by atoms with E-state index in [1.807, 2.05) is 15.9 Å². The summed E-state index contributed by atoms with van der Waals surface area (Å²) in [5, 5.41) is 0. The van der Waals surface area contributed by atoms with Crippen LogP contribution in [0.4, 0.5) is 0 Å². The second-order valence-electron chi connectivity index (χ2n) is 0.0630. The number of rotatable bonds is 0. The molecule has 33 valence electrons. The van der Waals surface area contributed by atoms with E-state index in [1.165, 1.54) is 0 Å². The van der Waals surface area contributed by atoms with Crippen LogP contribution in [0.2, 0.25) is 0 Å². The van der Waals surface area contributed by atoms with Gasteiger partial charge in [0, 0.05) is 0 Å². The van der Waals surface area contributed by atoms with Gasteiger partial charge < -0.3 is 0 Å². The van der Waals surface area contributed by atoms with Gasteiger partial charge in [-0.05, 0) is 0 Å². The molecule has 0 aliphatic heterocycles. The van der Waals surface area contributed by atoms with E-state index in [-0.39, 0.29) is 0 Å². The average Bonchev–Trinajstić information content (AvgIpc) is 1.46. The Morgan fingerprint density at radius 2 is 1.20 bits per heavy atom. The van der Waals surface area contributed by atoms with Crippen molar-refractivity contribution in [3.05, 3.63) is 0 Å². The van der Waals surface area contributed by atoms with Gasteiger partial charge in [-0.3, -0.25) is 0 Å². The van der Waals surface area contributed by atoms with Gasteiger partial charge in [0.1, 0.15) is 0 Å². The van der Waals surface area contributed by atoms with Gasteiger partial charge in [-0.1, -0.05) is 0 Å². The molecule has 0 heterocycles. The molecule has 3 nitrogen and oxygen atoms in total. The first-order valence-electron chi connectivity index (χ1n) is 0.453. The second kappa shape index (κ2) is 25.4. The molecule has 0 atom stereocenters. The molecule has 0 fully saturated rings. The second-order valence-corrected chi connectivity index (χ2v) is 0.260. The van der Waals surface area contributed by atoms with Crippen molar-refractivity contribution in [1.29, 1.82) is 0 Å². The summed E-state index contributed by atoms with van der Waals surface area (Å²) in [6.45, 7) is 0. The molecule has 0 radical (unpaired) electrons. The Bertz CT molecular complexity index is 36.2. The third-order valence-corrected chi connectivity index (χ3v) is 0. The van der Waals surface area contributed by atoms with Crippen LogP contribution in [-0.4, -0.2) is 0 Å². The van der Waals surface area contributed by atoms with Gasteiger partial charge in [0.25, 0.3) is 0 Å². The quantitative estimate of drug-likeness (QED) is 0.453. The molecule has 0 N–H and O–H groups in total. The standard InChI is InChI=1S/Fe.Mn.3O. The molecular formula is FeMnO3. The summed E-state index contributed by atoms with van der Waals surface area (Å²) in [5.74, 6) is 0. The van der Waals surface area contributed by atoms with Crippen LogP contribution >= 0.6 is 0 Å². The molecule has 0 aromatic carbocycles. The molecule has 0 saturated carbocycles. The summed E-state index contributed by atoms with van der Waals surface area (Å²) in [7, 11) is 0. The molecule has 0 amide bonds. The van der Waals surface area contributed by atoms with Crippen LogP contribution in [0.3, 0.4) is 0 Å². The Balaban J connectivity index is 0. The molecule has 5 heteroatoms. The fraction of sp³-hybridized carbons (Fsp3) is 0. The van der Waals surface area contributed by atoms with Crippen LogP contribution in [0.1, 0.15) is 0 Å². The van der Waals surface area contributed by atoms with Gasteiger partial charge >= 0.3 is 42.3 Å². The molecule has 0 saturated heterocycles. The number of hydrogen-bond acceptors (Lipinski definition) is 3. The molecule has 0 bridgehead atoms. The fourth-order valence-corrected chi connectivity index (χ4v) is 0. The van der Waals surface area contributed by atoms with Gasteiger partial charge in [-0.15, -0.1) is 0 Å². The topological polar surface area (TPSA) is 51.2 Å². The van der Waals surface area contributed by atoms with Gasteiger partial charge in [-0.2, -0.15) is 0 Å². The zero-order valence-corrected chi connectivity index (χ0v) is 4.24. The first-order chi connectivity index (χ1) is 2.41. The summed E-state index contributed by atoms with van der Waals surface area (Å²) in [4.78, 5) is 0. The van der Waals surface area contributed by atoms with E-state index >= 15 is 0 Å². The summed E-state index contributed by atoms with van der Waals surface area (Å²) in [6.07, 6.45) is 0. The summed E-state index contributed by atoms with van der Waals surface area (Å²) in [5.41, 5.74) is 0. The zero-order valence-electron chi connectivity index (χ0n) is 1.96. The normalized spacial score (nSPS) is 3.40. The van der Waals surface area contributed by atoms with Crippen LogP contribution in [-0.2, 0) is 42.3 Å². The average molecular weight is 159 g/mol. The minimum atomic E-state index is -1.44. The number of hydrogen-bond donors (Lipinski definition) is 0. The predicted octanol–water partition coefficient (Wildman–Crippen LogP) is -0.361. The van der Waals surface area contributed by atoms with E-state index in [1.54, 1.807) is 0 Å². The van der Waals surface area contributed by atoms with Crippen molar-refractivity contribution in [3.8, 4) is 0 Å². The zero-order chi connectivity index (χ0) is 4.71. The van der Waals surface area contributed by atoms with Crippen LogP contribution in [0.25, 0.3) is 0 Å². The monoisotopic (exact) mass is 159 g/mol. The van der Waals surface area contributed by atoms with E-state index in [2.05, 4.69) is 0 Å². The van der Waals surface area contributed by atoms with E-state index in [4.69, 9.17) is 11.5 Å². The molecule has 0 rings (SSSR count).